The second kappa shape index (κ2) is 10.7. The van der Waals surface area contributed by atoms with Gasteiger partial charge < -0.3 is 15.8 Å². The van der Waals surface area contributed by atoms with Crippen LogP contribution in [0.2, 0.25) is 25.7 Å². The molecule has 0 bridgehead atoms. The van der Waals surface area contributed by atoms with Gasteiger partial charge in [-0.05, 0) is 43.0 Å². The monoisotopic (exact) mass is 479 g/mol. The number of aromatic nitrogens is 2. The van der Waals surface area contributed by atoms with Gasteiger partial charge in [0.15, 0.2) is 0 Å². The molecule has 0 spiro atoms. The molecule has 4 rings (SSSR count). The standard InChI is InChI=1S/C26H37N5O2Si/c1-34(2,3)16-15-33-19-31-23(25(27)32)17-21-22(12-13-28-26(21)31)29-24-11-7-8-14-30(24)18-20-9-5-4-6-10-20/h4-6,9-10,12-13,17,24H,7-8,11,14-16,18-19H2,1-3H3,(H2,27,32)(H,28,29). The molecule has 1 amide bonds. The van der Waals surface area contributed by atoms with E-state index in [-0.39, 0.29) is 12.9 Å². The number of fused-ring (bicyclic) bond motifs is 1. The van der Waals surface area contributed by atoms with Crippen molar-refractivity contribution in [2.75, 3.05) is 18.5 Å². The summed E-state index contributed by atoms with van der Waals surface area (Å²) in [6, 6.07) is 15.5. The first-order chi connectivity index (χ1) is 16.3. The normalized spacial score (nSPS) is 17.2. The number of nitrogens with two attached hydrogens (primary N) is 1. The topological polar surface area (TPSA) is 85.4 Å². The van der Waals surface area contributed by atoms with E-state index in [4.69, 9.17) is 10.5 Å². The van der Waals surface area contributed by atoms with Gasteiger partial charge >= 0.3 is 0 Å². The number of hydrogen-bond acceptors (Lipinski definition) is 5. The number of carbonyl (C=O) groups is 1. The van der Waals surface area contributed by atoms with Crippen LogP contribution < -0.4 is 11.1 Å². The van der Waals surface area contributed by atoms with E-state index in [1.54, 1.807) is 10.8 Å². The van der Waals surface area contributed by atoms with Crippen LogP contribution in [0.1, 0.15) is 35.3 Å². The van der Waals surface area contributed by atoms with E-state index in [1.807, 2.05) is 12.1 Å². The molecule has 0 aliphatic carbocycles. The van der Waals surface area contributed by atoms with Crippen molar-refractivity contribution in [3.63, 3.8) is 0 Å². The summed E-state index contributed by atoms with van der Waals surface area (Å²) in [5, 5.41) is 4.64. The number of carbonyl (C=O) groups excluding carboxylic acids is 1. The van der Waals surface area contributed by atoms with Crippen molar-refractivity contribution in [3.8, 4) is 0 Å². The van der Waals surface area contributed by atoms with Crippen LogP contribution in [0, 0.1) is 0 Å². The van der Waals surface area contributed by atoms with Crippen molar-refractivity contribution in [1.82, 2.24) is 14.5 Å². The van der Waals surface area contributed by atoms with Crippen LogP contribution in [0.4, 0.5) is 5.69 Å². The number of rotatable bonds is 10. The predicted octanol–water partition coefficient (Wildman–Crippen LogP) is 4.87. The first-order valence-electron chi connectivity index (χ1n) is 12.2. The molecule has 1 saturated heterocycles. The van der Waals surface area contributed by atoms with E-state index in [9.17, 15) is 4.79 Å². The Kier molecular flexibility index (Phi) is 7.70. The number of anilines is 1. The summed E-state index contributed by atoms with van der Waals surface area (Å²) in [4.78, 5) is 19.3. The van der Waals surface area contributed by atoms with Crippen molar-refractivity contribution in [3.05, 3.63) is 59.9 Å². The molecule has 1 aliphatic heterocycles. The molecule has 182 valence electrons. The minimum absolute atomic E-state index is 0.216. The van der Waals surface area contributed by atoms with Gasteiger partial charge in [0.25, 0.3) is 5.91 Å². The molecule has 8 heteroatoms. The minimum Gasteiger partial charge on any atom is -0.369 e. The number of piperidine rings is 1. The maximum absolute atomic E-state index is 12.2. The third-order valence-corrected chi connectivity index (χ3v) is 8.13. The maximum atomic E-state index is 12.2. The van der Waals surface area contributed by atoms with Gasteiger partial charge in [0.2, 0.25) is 0 Å². The van der Waals surface area contributed by atoms with Crippen molar-refractivity contribution in [2.24, 2.45) is 5.73 Å². The van der Waals surface area contributed by atoms with Gasteiger partial charge in [-0.15, -0.1) is 0 Å². The maximum Gasteiger partial charge on any atom is 0.265 e. The minimum atomic E-state index is -1.19. The summed E-state index contributed by atoms with van der Waals surface area (Å²) in [6.07, 6.45) is 5.47. The number of hydrogen-bond donors (Lipinski definition) is 2. The van der Waals surface area contributed by atoms with Crippen molar-refractivity contribution in [2.45, 2.75) is 64.4 Å². The van der Waals surface area contributed by atoms with Crippen molar-refractivity contribution >= 4 is 30.7 Å². The van der Waals surface area contributed by atoms with Gasteiger partial charge in [-0.1, -0.05) is 50.0 Å². The average molecular weight is 480 g/mol. The van der Waals surface area contributed by atoms with E-state index in [0.29, 0.717) is 12.3 Å². The third-order valence-electron chi connectivity index (χ3n) is 6.43. The molecule has 1 unspecified atom stereocenters. The summed E-state index contributed by atoms with van der Waals surface area (Å²) in [5.41, 5.74) is 9.16. The number of primary amides is 1. The summed E-state index contributed by atoms with van der Waals surface area (Å²) in [6.45, 7) is 9.87. The first-order valence-corrected chi connectivity index (χ1v) is 15.9. The fraction of sp³-hybridized carbons (Fsp3) is 0.462. The zero-order valence-electron chi connectivity index (χ0n) is 20.6. The van der Waals surface area contributed by atoms with Crippen LogP contribution in [0.5, 0.6) is 0 Å². The summed E-state index contributed by atoms with van der Waals surface area (Å²) < 4.78 is 7.75. The highest BCUT2D eigenvalue weighted by molar-refractivity contribution is 6.76. The van der Waals surface area contributed by atoms with Crippen molar-refractivity contribution < 1.29 is 9.53 Å². The predicted molar refractivity (Wildman–Crippen MR) is 140 cm³/mol. The van der Waals surface area contributed by atoms with Crippen LogP contribution in [0.3, 0.4) is 0 Å². The fourth-order valence-electron chi connectivity index (χ4n) is 4.48. The molecule has 0 radical (unpaired) electrons. The molecular weight excluding hydrogens is 442 g/mol. The average Bonchev–Trinajstić information content (AvgIpc) is 3.18. The highest BCUT2D eigenvalue weighted by atomic mass is 28.3. The SMILES string of the molecule is C[Si](C)(C)CCOCn1c(C(N)=O)cc2c(NC3CCCCN3Cc3ccccc3)ccnc21. The number of pyridine rings is 1. The Morgan fingerprint density at radius 2 is 2.00 bits per heavy atom. The summed E-state index contributed by atoms with van der Waals surface area (Å²) >= 11 is 0. The number of nitrogens with zero attached hydrogens (tertiary/aromatic N) is 3. The lowest BCUT2D eigenvalue weighted by Crippen LogP contribution is -2.43. The molecule has 34 heavy (non-hydrogen) atoms. The molecule has 1 atom stereocenters. The molecule has 1 aliphatic rings. The number of nitrogens with one attached hydrogen (secondary N) is 1. The smallest absolute Gasteiger partial charge is 0.265 e. The highest BCUT2D eigenvalue weighted by Crippen LogP contribution is 2.29. The number of ether oxygens (including phenoxy) is 1. The highest BCUT2D eigenvalue weighted by Gasteiger charge is 2.24. The lowest BCUT2D eigenvalue weighted by Gasteiger charge is -2.37. The lowest BCUT2D eigenvalue weighted by atomic mass is 10.1. The van der Waals surface area contributed by atoms with Gasteiger partial charge in [0.1, 0.15) is 18.1 Å². The zero-order chi connectivity index (χ0) is 24.1. The molecule has 2 aromatic heterocycles. The van der Waals surface area contributed by atoms with Gasteiger partial charge in [0.05, 0.1) is 6.17 Å². The van der Waals surface area contributed by atoms with Gasteiger partial charge in [0, 0.05) is 45.0 Å². The molecule has 3 heterocycles. The zero-order valence-corrected chi connectivity index (χ0v) is 21.6. The quantitative estimate of drug-likeness (QED) is 0.320. The molecule has 0 saturated carbocycles. The first kappa shape index (κ1) is 24.4. The summed E-state index contributed by atoms with van der Waals surface area (Å²) in [7, 11) is -1.19. The second-order valence-electron chi connectivity index (χ2n) is 10.4. The van der Waals surface area contributed by atoms with E-state index >= 15 is 0 Å². The van der Waals surface area contributed by atoms with E-state index in [0.717, 1.165) is 42.3 Å². The van der Waals surface area contributed by atoms with Crippen LogP contribution in [0.25, 0.3) is 11.0 Å². The molecule has 3 aromatic rings. The summed E-state index contributed by atoms with van der Waals surface area (Å²) in [5.74, 6) is -0.471. The Bertz CT molecular complexity index is 1110. The molecule has 1 fully saturated rings. The van der Waals surface area contributed by atoms with E-state index in [1.165, 1.54) is 18.4 Å². The second-order valence-corrected chi connectivity index (χ2v) is 16.0. The lowest BCUT2D eigenvalue weighted by molar-refractivity contribution is 0.0828. The van der Waals surface area contributed by atoms with Gasteiger partial charge in [-0.25, -0.2) is 4.98 Å². The number of benzene rings is 1. The van der Waals surface area contributed by atoms with Crippen molar-refractivity contribution in [1.29, 1.82) is 0 Å². The Morgan fingerprint density at radius 1 is 1.21 bits per heavy atom. The van der Waals surface area contributed by atoms with E-state index < -0.39 is 14.0 Å². The molecular formula is C26H37N5O2Si. The molecule has 7 nitrogen and oxygen atoms in total. The largest absolute Gasteiger partial charge is 0.369 e. The number of likely N-dealkylation sites (tertiary alicyclic amines) is 1. The molecule has 3 N–H and O–H groups in total. The van der Waals surface area contributed by atoms with Crippen LogP contribution in [0.15, 0.2) is 48.7 Å². The fourth-order valence-corrected chi connectivity index (χ4v) is 5.24. The molecule has 1 aromatic carbocycles. The Balaban J connectivity index is 1.56. The Labute approximate surface area is 203 Å². The van der Waals surface area contributed by atoms with Gasteiger partial charge in [-0.3, -0.25) is 14.3 Å². The van der Waals surface area contributed by atoms with Crippen LogP contribution in [-0.4, -0.2) is 47.7 Å². The number of amides is 1. The Morgan fingerprint density at radius 3 is 2.74 bits per heavy atom. The van der Waals surface area contributed by atoms with Gasteiger partial charge in [-0.2, -0.15) is 0 Å². The van der Waals surface area contributed by atoms with Crippen LogP contribution in [-0.2, 0) is 18.0 Å². The third kappa shape index (κ3) is 6.05. The van der Waals surface area contributed by atoms with Crippen LogP contribution >= 0.6 is 0 Å². The van der Waals surface area contributed by atoms with E-state index in [2.05, 4.69) is 65.2 Å². The Hall–Kier alpha value is -2.68.